The van der Waals surface area contributed by atoms with Crippen molar-refractivity contribution in [2.45, 2.75) is 45.1 Å². The fourth-order valence-electron chi connectivity index (χ4n) is 3.78. The average molecular weight is 409 g/mol. The van der Waals surface area contributed by atoms with E-state index in [-0.39, 0.29) is 23.8 Å². The summed E-state index contributed by atoms with van der Waals surface area (Å²) in [7, 11) is 0. The third-order valence-corrected chi connectivity index (χ3v) is 5.64. The Morgan fingerprint density at radius 3 is 2.33 bits per heavy atom. The topological polar surface area (TPSA) is 58.6 Å². The molecule has 2 aromatic rings. The van der Waals surface area contributed by atoms with Crippen molar-refractivity contribution in [3.63, 3.8) is 0 Å². The number of carbonyl (C=O) groups is 2. The van der Waals surface area contributed by atoms with Gasteiger partial charge in [-0.05, 0) is 50.3 Å². The van der Waals surface area contributed by atoms with Crippen LogP contribution in [0.5, 0.6) is 5.75 Å². The molecule has 0 aliphatic carbocycles. The van der Waals surface area contributed by atoms with Gasteiger partial charge in [0.25, 0.3) is 0 Å². The highest BCUT2D eigenvalue weighted by Crippen LogP contribution is 2.19. The second kappa shape index (κ2) is 11.4. The van der Waals surface area contributed by atoms with Gasteiger partial charge in [-0.1, -0.05) is 48.5 Å². The monoisotopic (exact) mass is 408 g/mol. The summed E-state index contributed by atoms with van der Waals surface area (Å²) in [4.78, 5) is 26.9. The van der Waals surface area contributed by atoms with Crippen LogP contribution in [-0.4, -0.2) is 42.5 Å². The van der Waals surface area contributed by atoms with Crippen molar-refractivity contribution in [1.82, 2.24) is 10.2 Å². The first-order valence-electron chi connectivity index (χ1n) is 10.9. The van der Waals surface area contributed by atoms with Gasteiger partial charge >= 0.3 is 0 Å². The van der Waals surface area contributed by atoms with E-state index < -0.39 is 0 Å². The number of rotatable bonds is 9. The number of benzene rings is 2. The molecule has 2 amide bonds. The molecule has 1 atom stereocenters. The molecule has 2 aromatic carbocycles. The molecule has 30 heavy (non-hydrogen) atoms. The molecule has 0 bridgehead atoms. The van der Waals surface area contributed by atoms with Crippen LogP contribution in [0, 0.1) is 5.92 Å². The molecule has 1 unspecified atom stereocenters. The molecule has 5 heteroatoms. The summed E-state index contributed by atoms with van der Waals surface area (Å²) in [5.41, 5.74) is 1.29. The van der Waals surface area contributed by atoms with Gasteiger partial charge in [-0.3, -0.25) is 9.59 Å². The fourth-order valence-corrected chi connectivity index (χ4v) is 3.78. The van der Waals surface area contributed by atoms with Crippen molar-refractivity contribution in [3.05, 3.63) is 66.2 Å². The number of likely N-dealkylation sites (tertiary alicyclic amines) is 1. The van der Waals surface area contributed by atoms with Gasteiger partial charge in [-0.2, -0.15) is 0 Å². The van der Waals surface area contributed by atoms with Gasteiger partial charge in [-0.25, -0.2) is 0 Å². The Morgan fingerprint density at radius 1 is 1.03 bits per heavy atom. The molecule has 1 fully saturated rings. The number of amides is 2. The molecule has 0 radical (unpaired) electrons. The number of nitrogens with one attached hydrogen (secondary N) is 1. The fraction of sp³-hybridized carbons (Fsp3) is 0.440. The number of carbonyl (C=O) groups excluding carboxylic acids is 2. The second-order valence-electron chi connectivity index (χ2n) is 8.00. The Balaban J connectivity index is 1.32. The highest BCUT2D eigenvalue weighted by Gasteiger charge is 2.27. The minimum atomic E-state index is -0.00575. The molecular formula is C25H32N2O3. The minimum Gasteiger partial charge on any atom is -0.493 e. The first-order chi connectivity index (χ1) is 14.6. The largest absolute Gasteiger partial charge is 0.493 e. The number of hydrogen-bond acceptors (Lipinski definition) is 3. The predicted molar refractivity (Wildman–Crippen MR) is 118 cm³/mol. The average Bonchev–Trinajstić information content (AvgIpc) is 2.79. The summed E-state index contributed by atoms with van der Waals surface area (Å²) in [6.07, 6.45) is 3.70. The summed E-state index contributed by atoms with van der Waals surface area (Å²) in [5, 5.41) is 3.15. The predicted octanol–water partition coefficient (Wildman–Crippen LogP) is 3.83. The van der Waals surface area contributed by atoms with Crippen LogP contribution >= 0.6 is 0 Å². The van der Waals surface area contributed by atoms with E-state index >= 15 is 0 Å². The molecule has 0 aromatic heterocycles. The van der Waals surface area contributed by atoms with Crippen LogP contribution in [0.25, 0.3) is 0 Å². The van der Waals surface area contributed by atoms with E-state index in [1.165, 1.54) is 5.56 Å². The molecule has 1 aliphatic heterocycles. The molecule has 5 nitrogen and oxygen atoms in total. The van der Waals surface area contributed by atoms with Crippen LogP contribution < -0.4 is 10.1 Å². The first kappa shape index (κ1) is 21.9. The second-order valence-corrected chi connectivity index (χ2v) is 8.00. The highest BCUT2D eigenvalue weighted by molar-refractivity contribution is 5.80. The van der Waals surface area contributed by atoms with Crippen LogP contribution in [0.15, 0.2) is 60.7 Å². The van der Waals surface area contributed by atoms with Crippen molar-refractivity contribution in [3.8, 4) is 5.75 Å². The minimum absolute atomic E-state index is 0.00575. The van der Waals surface area contributed by atoms with E-state index in [9.17, 15) is 9.59 Å². The number of nitrogens with zero attached hydrogens (tertiary/aromatic N) is 1. The third-order valence-electron chi connectivity index (χ3n) is 5.64. The Bertz CT molecular complexity index is 787. The van der Waals surface area contributed by atoms with E-state index in [0.717, 1.165) is 31.4 Å². The van der Waals surface area contributed by atoms with Gasteiger partial charge in [0.05, 0.1) is 13.0 Å². The van der Waals surface area contributed by atoms with Gasteiger partial charge in [0.15, 0.2) is 0 Å². The van der Waals surface area contributed by atoms with Crippen molar-refractivity contribution in [2.24, 2.45) is 5.92 Å². The van der Waals surface area contributed by atoms with E-state index in [0.29, 0.717) is 26.1 Å². The van der Waals surface area contributed by atoms with E-state index in [2.05, 4.69) is 24.4 Å². The normalized spacial score (nSPS) is 15.4. The van der Waals surface area contributed by atoms with E-state index in [4.69, 9.17) is 4.74 Å². The van der Waals surface area contributed by atoms with Gasteiger partial charge in [0, 0.05) is 25.0 Å². The molecule has 160 valence electrons. The van der Waals surface area contributed by atoms with Crippen LogP contribution in [-0.2, 0) is 16.0 Å². The molecule has 3 rings (SSSR count). The first-order valence-corrected chi connectivity index (χ1v) is 10.9. The number of para-hydroxylation sites is 1. The SMILES string of the molecule is CC(CCc1ccccc1)NC(=O)C1CCN(C(=O)CCOc2ccccc2)CC1. The van der Waals surface area contributed by atoms with Crippen LogP contribution in [0.3, 0.4) is 0 Å². The number of ether oxygens (including phenoxy) is 1. The van der Waals surface area contributed by atoms with Crippen molar-refractivity contribution in [2.75, 3.05) is 19.7 Å². The molecular weight excluding hydrogens is 376 g/mol. The zero-order chi connectivity index (χ0) is 21.2. The maximum absolute atomic E-state index is 12.6. The number of hydrogen-bond donors (Lipinski definition) is 1. The van der Waals surface area contributed by atoms with Gasteiger partial charge in [0.2, 0.25) is 11.8 Å². The Kier molecular flexibility index (Phi) is 8.30. The van der Waals surface area contributed by atoms with Crippen LogP contribution in [0.4, 0.5) is 0 Å². The molecule has 1 N–H and O–H groups in total. The van der Waals surface area contributed by atoms with Crippen molar-refractivity contribution < 1.29 is 14.3 Å². The summed E-state index contributed by atoms with van der Waals surface area (Å²) in [6.45, 7) is 3.72. The van der Waals surface area contributed by atoms with Crippen molar-refractivity contribution >= 4 is 11.8 Å². The number of piperidine rings is 1. The molecule has 1 aliphatic rings. The summed E-state index contributed by atoms with van der Waals surface area (Å²) in [6, 6.07) is 20.0. The van der Waals surface area contributed by atoms with Crippen LogP contribution in [0.1, 0.15) is 38.2 Å². The quantitative estimate of drug-likeness (QED) is 0.686. The van der Waals surface area contributed by atoms with Crippen molar-refractivity contribution in [1.29, 1.82) is 0 Å². The summed E-state index contributed by atoms with van der Waals surface area (Å²) >= 11 is 0. The maximum Gasteiger partial charge on any atom is 0.225 e. The van der Waals surface area contributed by atoms with E-state index in [1.54, 1.807) is 0 Å². The highest BCUT2D eigenvalue weighted by atomic mass is 16.5. The smallest absolute Gasteiger partial charge is 0.225 e. The molecule has 0 saturated carbocycles. The van der Waals surface area contributed by atoms with Crippen LogP contribution in [0.2, 0.25) is 0 Å². The lowest BCUT2D eigenvalue weighted by Crippen LogP contribution is -2.45. The Labute approximate surface area is 179 Å². The standard InChI is InChI=1S/C25H32N2O3/c1-20(12-13-21-8-4-2-5-9-21)26-25(29)22-14-17-27(18-15-22)24(28)16-19-30-23-10-6-3-7-11-23/h2-11,20,22H,12-19H2,1H3,(H,26,29). The number of aryl methyl sites for hydroxylation is 1. The van der Waals surface area contributed by atoms with Gasteiger partial charge in [-0.15, -0.1) is 0 Å². The molecule has 1 saturated heterocycles. The lowest BCUT2D eigenvalue weighted by atomic mass is 9.95. The lowest BCUT2D eigenvalue weighted by Gasteiger charge is -2.32. The molecule has 0 spiro atoms. The maximum atomic E-state index is 12.6. The van der Waals surface area contributed by atoms with E-state index in [1.807, 2.05) is 53.4 Å². The summed E-state index contributed by atoms with van der Waals surface area (Å²) in [5.74, 6) is 0.993. The third kappa shape index (κ3) is 6.90. The lowest BCUT2D eigenvalue weighted by molar-refractivity contribution is -0.136. The Morgan fingerprint density at radius 2 is 1.67 bits per heavy atom. The zero-order valence-electron chi connectivity index (χ0n) is 17.8. The van der Waals surface area contributed by atoms with Gasteiger partial charge in [0.1, 0.15) is 5.75 Å². The zero-order valence-corrected chi connectivity index (χ0v) is 17.8. The summed E-state index contributed by atoms with van der Waals surface area (Å²) < 4.78 is 5.61. The molecule has 1 heterocycles. The van der Waals surface area contributed by atoms with Gasteiger partial charge < -0.3 is 15.0 Å². The Hall–Kier alpha value is -2.82.